The van der Waals surface area contributed by atoms with Gasteiger partial charge in [0.15, 0.2) is 23.3 Å². The molecule has 0 aliphatic carbocycles. The molecule has 0 spiro atoms. The van der Waals surface area contributed by atoms with Crippen molar-refractivity contribution in [2.45, 2.75) is 0 Å². The second kappa shape index (κ2) is 31.5. The number of phenols is 4. The van der Waals surface area contributed by atoms with E-state index in [0.717, 1.165) is 0 Å². The van der Waals surface area contributed by atoms with E-state index in [9.17, 15) is 39.6 Å². The number of ether oxygens (including phenoxy) is 4. The van der Waals surface area contributed by atoms with E-state index in [-0.39, 0.29) is 103 Å². The number of aromatic amines is 2. The van der Waals surface area contributed by atoms with Gasteiger partial charge >= 0.3 is 0 Å². The van der Waals surface area contributed by atoms with E-state index in [4.69, 9.17) is 48.9 Å². The summed E-state index contributed by atoms with van der Waals surface area (Å²) >= 11 is 0. The zero-order valence-corrected chi connectivity index (χ0v) is 60.2. The van der Waals surface area contributed by atoms with Crippen LogP contribution in [0.5, 0.6) is 69.0 Å². The molecule has 3 aromatic heterocycles. The number of nitrogens with zero attached hydrogens (tertiary/aromatic N) is 10. The topological polar surface area (TPSA) is 393 Å². The Labute approximate surface area is 655 Å². The summed E-state index contributed by atoms with van der Waals surface area (Å²) in [5.74, 6) is -0.400. The van der Waals surface area contributed by atoms with Crippen molar-refractivity contribution < 1.29 is 58.6 Å². The number of H-pyrrole nitrogens is 2. The highest BCUT2D eigenvalue weighted by Gasteiger charge is 2.28. The monoisotopic (exact) mass is 1530 g/mol. The van der Waals surface area contributed by atoms with Crippen molar-refractivity contribution in [2.75, 3.05) is 0 Å². The Balaban J connectivity index is 0.850. The summed E-state index contributed by atoms with van der Waals surface area (Å²) in [4.78, 5) is 91.9. The van der Waals surface area contributed by atoms with Crippen molar-refractivity contribution in [3.05, 3.63) is 311 Å². The van der Waals surface area contributed by atoms with Crippen molar-refractivity contribution in [2.24, 2.45) is 20.4 Å². The van der Waals surface area contributed by atoms with Crippen molar-refractivity contribution >= 4 is 92.6 Å². The van der Waals surface area contributed by atoms with Crippen LogP contribution in [-0.2, 0) is 0 Å². The molecule has 2 aliphatic rings. The summed E-state index contributed by atoms with van der Waals surface area (Å²) in [5.41, 5.74) is 14.6. The molecule has 0 saturated carbocycles. The molecule has 116 heavy (non-hydrogen) atoms. The third kappa shape index (κ3) is 14.8. The fourth-order valence-electron chi connectivity index (χ4n) is 12.9. The molecule has 28 heteroatoms. The van der Waals surface area contributed by atoms with Crippen molar-refractivity contribution in [1.29, 1.82) is 0 Å². The number of hydrogen-bond acceptors (Lipinski definition) is 22. The molecule has 562 valence electrons. The lowest BCUT2D eigenvalue weighted by Crippen LogP contribution is -2.17. The zero-order valence-electron chi connectivity index (χ0n) is 60.2. The van der Waals surface area contributed by atoms with Gasteiger partial charge in [-0.25, -0.2) is 51.6 Å². The standard InChI is InChI=1S/C88H58N16O12/c105-63-31-9-5-24-55(63)85(109)101-89-45-49-20-1-13-35-67(49)113-53-42-43-54-62(44-53)81-93-77(54)95-82-74-59(28-17-39-71(74)114-68-36-14-2-21-50(68)46-90-102-86(110)56-25-6-10-32-64(56)106)78(96-82)94-79-60-29-18-40-72(115-69-37-15-3-22-51(69)47-91-103-87(111)57-26-7-11-33-65(57)107)75(60)83(97-79)98-80-61-30-19-41-73(76(61)84(99-80)100-81)116-70-38-16-4-23-52(70)48-92-104-88(112)58-27-8-12-34-66(58)108/h1-48,105-108H,(H,101,109)(H,102,110)(H,103,111)(H,104,112)(H2,93,94,95,96,97,98,99,100)/b89-45+,90-46+,91-47+,92-48-. The van der Waals surface area contributed by atoms with Gasteiger partial charge in [0.05, 0.1) is 63.4 Å². The molecule has 0 unspecified atom stereocenters. The molecule has 4 amide bonds. The lowest BCUT2D eigenvalue weighted by atomic mass is 10.1. The fourth-order valence-corrected chi connectivity index (χ4v) is 12.9. The van der Waals surface area contributed by atoms with Gasteiger partial charge in [0.1, 0.15) is 91.6 Å². The van der Waals surface area contributed by atoms with Gasteiger partial charge in [-0.15, -0.1) is 0 Å². The first-order valence-electron chi connectivity index (χ1n) is 35.7. The lowest BCUT2D eigenvalue weighted by Gasteiger charge is -2.12. The van der Waals surface area contributed by atoms with Crippen molar-refractivity contribution in [3.8, 4) is 115 Å². The van der Waals surface area contributed by atoms with Crippen LogP contribution in [0.25, 0.3) is 89.7 Å². The Morgan fingerprint density at radius 2 is 0.612 bits per heavy atom. The van der Waals surface area contributed by atoms with Crippen LogP contribution in [0, 0.1) is 0 Å². The Bertz CT molecular complexity index is 6820. The second-order valence-electron chi connectivity index (χ2n) is 25.8. The number of rotatable bonds is 20. The summed E-state index contributed by atoms with van der Waals surface area (Å²) < 4.78 is 27.5. The van der Waals surface area contributed by atoms with Gasteiger partial charge in [0, 0.05) is 49.7 Å². The van der Waals surface area contributed by atoms with Gasteiger partial charge in [0.25, 0.3) is 23.6 Å². The first-order valence-corrected chi connectivity index (χ1v) is 35.7. The Morgan fingerprint density at radius 3 is 1.03 bits per heavy atom. The van der Waals surface area contributed by atoms with Gasteiger partial charge in [-0.3, -0.25) is 19.2 Å². The van der Waals surface area contributed by atoms with Crippen LogP contribution in [0.15, 0.2) is 287 Å². The molecule has 15 aromatic rings. The van der Waals surface area contributed by atoms with E-state index < -0.39 is 23.6 Å². The van der Waals surface area contributed by atoms with Crippen LogP contribution >= 0.6 is 0 Å². The van der Waals surface area contributed by atoms with Crippen LogP contribution in [0.3, 0.4) is 0 Å². The van der Waals surface area contributed by atoms with E-state index in [2.05, 4.69) is 52.1 Å². The first-order chi connectivity index (χ1) is 56.8. The summed E-state index contributed by atoms with van der Waals surface area (Å²) in [6.45, 7) is 0. The smallest absolute Gasteiger partial charge is 0.275 e. The number of carbonyl (C=O) groups is 4. The number of amides is 4. The predicted molar refractivity (Wildman–Crippen MR) is 435 cm³/mol. The summed E-state index contributed by atoms with van der Waals surface area (Å²) in [7, 11) is 0. The molecular weight excluding hydrogens is 1470 g/mol. The Hall–Kier alpha value is -17.0. The minimum atomic E-state index is -0.649. The first kappa shape index (κ1) is 71.9. The van der Waals surface area contributed by atoms with Gasteiger partial charge in [-0.1, -0.05) is 133 Å². The number of aromatic hydroxyl groups is 4. The van der Waals surface area contributed by atoms with Gasteiger partial charge in [0.2, 0.25) is 0 Å². The number of benzene rings is 12. The Morgan fingerprint density at radius 1 is 0.293 bits per heavy atom. The average molecular weight is 1530 g/mol. The minimum absolute atomic E-state index is 0.0177. The van der Waals surface area contributed by atoms with Gasteiger partial charge in [-0.2, -0.15) is 20.4 Å². The van der Waals surface area contributed by atoms with Gasteiger partial charge in [-0.05, 0) is 133 Å². The number of hydrogen-bond donors (Lipinski definition) is 10. The molecule has 17 rings (SSSR count). The number of fused-ring (bicyclic) bond motifs is 20. The van der Waals surface area contributed by atoms with E-state index in [1.165, 1.54) is 73.4 Å². The SMILES string of the molecule is O=C(N/N=C\c1ccccc1Oc1cccc2c3nc4nc(nc5[nH]c(nc6nc(nc([nH]3)c12)-c1cc(Oc2ccccc2/C=N/NC(=O)c2ccccc2O)ccc1-6)c1c(Oc2ccccc2/C=N/NC(=O)c2ccccc2O)cccc51)-c1cccc(Oc2ccccc2/C=N/NC(=O)c2ccccc2O)c1-4)c1ccccc1O. The van der Waals surface area contributed by atoms with Crippen LogP contribution in [0.1, 0.15) is 63.7 Å². The normalized spacial score (nSPS) is 11.6. The molecule has 0 radical (unpaired) electrons. The zero-order chi connectivity index (χ0) is 79.2. The van der Waals surface area contributed by atoms with Crippen molar-refractivity contribution in [1.82, 2.24) is 61.6 Å². The number of para-hydroxylation sites is 8. The second-order valence-corrected chi connectivity index (χ2v) is 25.8. The lowest BCUT2D eigenvalue weighted by molar-refractivity contribution is 0.0944. The average Bonchev–Trinajstić information content (AvgIpc) is 1.59. The van der Waals surface area contributed by atoms with Crippen LogP contribution in [0.4, 0.5) is 0 Å². The van der Waals surface area contributed by atoms with E-state index >= 15 is 0 Å². The summed E-state index contributed by atoms with van der Waals surface area (Å²) in [5, 5.41) is 60.5. The van der Waals surface area contributed by atoms with E-state index in [1.807, 2.05) is 18.2 Å². The number of nitrogens with one attached hydrogen (secondary N) is 6. The maximum absolute atomic E-state index is 13.2. The summed E-state index contributed by atoms with van der Waals surface area (Å²) in [6, 6.07) is 73.9. The van der Waals surface area contributed by atoms with Crippen LogP contribution < -0.4 is 40.7 Å². The highest BCUT2D eigenvalue weighted by Crippen LogP contribution is 2.46. The maximum atomic E-state index is 13.2. The molecule has 2 aliphatic heterocycles. The van der Waals surface area contributed by atoms with Crippen LogP contribution in [0.2, 0.25) is 0 Å². The molecule has 0 fully saturated rings. The third-order valence-corrected chi connectivity index (χ3v) is 18.4. The number of carbonyl (C=O) groups excluding carboxylic acids is 4. The van der Waals surface area contributed by atoms with Crippen LogP contribution in [-0.4, -0.2) is 109 Å². The quantitative estimate of drug-likeness (QED) is 0.0250. The third-order valence-electron chi connectivity index (χ3n) is 18.4. The molecule has 8 bridgehead atoms. The van der Waals surface area contributed by atoms with Gasteiger partial charge < -0.3 is 49.3 Å². The number of hydrazone groups is 4. The molecule has 5 heterocycles. The highest BCUT2D eigenvalue weighted by molar-refractivity contribution is 6.11. The molecule has 10 N–H and O–H groups in total. The number of phenolic OH excluding ortho intramolecular Hbond substituents is 4. The molecule has 0 atom stereocenters. The molecule has 0 saturated heterocycles. The molecule has 28 nitrogen and oxygen atoms in total. The Kier molecular flexibility index (Phi) is 19.5. The number of aromatic nitrogens is 8. The highest BCUT2D eigenvalue weighted by atomic mass is 16.5. The summed E-state index contributed by atoms with van der Waals surface area (Å²) in [6.07, 6.45) is 5.66. The maximum Gasteiger partial charge on any atom is 0.275 e. The van der Waals surface area contributed by atoms with Crippen molar-refractivity contribution in [3.63, 3.8) is 0 Å². The fraction of sp³-hybridized carbons (Fsp3) is 0. The molecular formula is C88H58N16O12. The molecule has 12 aromatic carbocycles. The largest absolute Gasteiger partial charge is 0.507 e. The predicted octanol–water partition coefficient (Wildman–Crippen LogP) is 15.9. The van der Waals surface area contributed by atoms with E-state index in [0.29, 0.717) is 101 Å². The van der Waals surface area contributed by atoms with E-state index in [1.54, 1.807) is 200 Å². The minimum Gasteiger partial charge on any atom is -0.507 e.